The van der Waals surface area contributed by atoms with Gasteiger partial charge in [-0.15, -0.1) is 0 Å². The van der Waals surface area contributed by atoms with Crippen LogP contribution in [0, 0.1) is 5.82 Å². The van der Waals surface area contributed by atoms with E-state index in [1.165, 1.54) is 6.07 Å². The first-order chi connectivity index (χ1) is 9.04. The minimum absolute atomic E-state index is 0.00955. The molecular formula is C15H20FNO2. The number of carboxylic acids is 1. The van der Waals surface area contributed by atoms with Crippen molar-refractivity contribution in [2.45, 2.75) is 45.2 Å². The van der Waals surface area contributed by atoms with Crippen molar-refractivity contribution in [3.8, 4) is 0 Å². The van der Waals surface area contributed by atoms with Crippen molar-refractivity contribution in [2.24, 2.45) is 0 Å². The van der Waals surface area contributed by atoms with E-state index in [1.807, 2.05) is 24.8 Å². The summed E-state index contributed by atoms with van der Waals surface area (Å²) in [6.07, 6.45) is 2.38. The van der Waals surface area contributed by atoms with Gasteiger partial charge < -0.3 is 5.11 Å². The second-order valence-corrected chi connectivity index (χ2v) is 5.19. The lowest BCUT2D eigenvalue weighted by molar-refractivity contribution is -0.139. The van der Waals surface area contributed by atoms with Crippen LogP contribution >= 0.6 is 0 Å². The number of fused-ring (bicyclic) bond motifs is 1. The first-order valence-corrected chi connectivity index (χ1v) is 6.79. The Bertz CT molecular complexity index is 475. The topological polar surface area (TPSA) is 40.5 Å². The molecule has 19 heavy (non-hydrogen) atoms. The number of hydrogen-bond acceptors (Lipinski definition) is 2. The summed E-state index contributed by atoms with van der Waals surface area (Å²) >= 11 is 0. The lowest BCUT2D eigenvalue weighted by Crippen LogP contribution is -2.39. The zero-order valence-electron chi connectivity index (χ0n) is 11.4. The molecule has 0 aliphatic heterocycles. The molecule has 2 atom stereocenters. The van der Waals surface area contributed by atoms with Gasteiger partial charge in [0.15, 0.2) is 0 Å². The quantitative estimate of drug-likeness (QED) is 0.889. The highest BCUT2D eigenvalue weighted by Gasteiger charge is 2.32. The van der Waals surface area contributed by atoms with Crippen LogP contribution in [-0.4, -0.2) is 28.6 Å². The summed E-state index contributed by atoms with van der Waals surface area (Å²) in [5, 5.41) is 9.08. The number of benzene rings is 1. The van der Waals surface area contributed by atoms with Crippen LogP contribution in [0.5, 0.6) is 0 Å². The van der Waals surface area contributed by atoms with Gasteiger partial charge >= 0.3 is 5.97 Å². The summed E-state index contributed by atoms with van der Waals surface area (Å²) in [5.74, 6) is -0.996. The lowest BCUT2D eigenvalue weighted by Gasteiger charge is -2.33. The number of carbonyl (C=O) groups is 1. The molecule has 1 aliphatic carbocycles. The van der Waals surface area contributed by atoms with Crippen LogP contribution in [0.4, 0.5) is 4.39 Å². The van der Waals surface area contributed by atoms with Gasteiger partial charge in [0.25, 0.3) is 0 Å². The van der Waals surface area contributed by atoms with E-state index in [0.717, 1.165) is 24.0 Å². The van der Waals surface area contributed by atoms with E-state index in [2.05, 4.69) is 0 Å². The van der Waals surface area contributed by atoms with Crippen molar-refractivity contribution in [3.05, 3.63) is 35.1 Å². The summed E-state index contributed by atoms with van der Waals surface area (Å²) in [6.45, 7) is 4.08. The first-order valence-electron chi connectivity index (χ1n) is 6.79. The summed E-state index contributed by atoms with van der Waals surface area (Å²) in [5.41, 5.74) is 1.72. The third kappa shape index (κ3) is 2.78. The molecule has 1 aromatic rings. The summed E-state index contributed by atoms with van der Waals surface area (Å²) in [6, 6.07) is 5.31. The molecule has 0 fully saturated rings. The van der Waals surface area contributed by atoms with E-state index in [9.17, 15) is 9.18 Å². The third-order valence-corrected chi connectivity index (χ3v) is 4.06. The molecule has 0 saturated heterocycles. The molecule has 0 heterocycles. The van der Waals surface area contributed by atoms with E-state index in [1.54, 1.807) is 6.07 Å². The van der Waals surface area contributed by atoms with Gasteiger partial charge in [-0.25, -0.2) is 4.39 Å². The minimum Gasteiger partial charge on any atom is -0.480 e. The second-order valence-electron chi connectivity index (χ2n) is 5.19. The maximum Gasteiger partial charge on any atom is 0.317 e. The van der Waals surface area contributed by atoms with Gasteiger partial charge in [-0.2, -0.15) is 0 Å². The Kier molecular flexibility index (Phi) is 4.20. The smallest absolute Gasteiger partial charge is 0.317 e. The number of aliphatic carboxylic acids is 1. The zero-order valence-corrected chi connectivity index (χ0v) is 11.4. The number of carboxylic acid groups (broad SMARTS) is 1. The third-order valence-electron chi connectivity index (χ3n) is 4.06. The van der Waals surface area contributed by atoms with Crippen molar-refractivity contribution in [3.63, 3.8) is 0 Å². The van der Waals surface area contributed by atoms with E-state index in [4.69, 9.17) is 5.11 Å². The molecule has 1 N–H and O–H groups in total. The molecule has 104 valence electrons. The molecule has 0 spiro atoms. The number of halogens is 1. The average molecular weight is 265 g/mol. The van der Waals surface area contributed by atoms with Gasteiger partial charge in [0, 0.05) is 12.1 Å². The Balaban J connectivity index is 2.30. The Labute approximate surface area is 113 Å². The fraction of sp³-hybridized carbons (Fsp3) is 0.533. The molecule has 0 radical (unpaired) electrons. The van der Waals surface area contributed by atoms with Crippen LogP contribution in [0.3, 0.4) is 0 Å². The van der Waals surface area contributed by atoms with Crippen molar-refractivity contribution in [1.29, 1.82) is 0 Å². The Hall–Kier alpha value is -1.42. The van der Waals surface area contributed by atoms with Crippen LogP contribution in [0.1, 0.15) is 43.9 Å². The molecule has 1 aromatic carbocycles. The molecule has 0 aromatic heterocycles. The average Bonchev–Trinajstić information content (AvgIpc) is 2.80. The predicted octanol–water partition coefficient (Wildman–Crippen LogP) is 3.00. The van der Waals surface area contributed by atoms with Crippen molar-refractivity contribution < 1.29 is 14.3 Å². The fourth-order valence-electron chi connectivity index (χ4n) is 2.90. The van der Waals surface area contributed by atoms with Crippen LogP contribution < -0.4 is 0 Å². The lowest BCUT2D eigenvalue weighted by atomic mass is 10.0. The van der Waals surface area contributed by atoms with Gasteiger partial charge in [-0.3, -0.25) is 9.69 Å². The molecule has 3 nitrogen and oxygen atoms in total. The minimum atomic E-state index is -0.829. The first kappa shape index (κ1) is 14.0. The maximum absolute atomic E-state index is 13.7. The highest BCUT2D eigenvalue weighted by atomic mass is 19.1. The Morgan fingerprint density at radius 3 is 2.95 bits per heavy atom. The second kappa shape index (κ2) is 5.70. The summed E-state index contributed by atoms with van der Waals surface area (Å²) in [7, 11) is 0. The van der Waals surface area contributed by atoms with E-state index in [0.29, 0.717) is 6.42 Å². The van der Waals surface area contributed by atoms with Crippen LogP contribution in [0.15, 0.2) is 18.2 Å². The van der Waals surface area contributed by atoms with Gasteiger partial charge in [-0.1, -0.05) is 19.1 Å². The van der Waals surface area contributed by atoms with Crippen molar-refractivity contribution in [1.82, 2.24) is 4.90 Å². The number of rotatable bonds is 5. The van der Waals surface area contributed by atoms with Crippen LogP contribution in [-0.2, 0) is 11.2 Å². The molecule has 4 heteroatoms. The zero-order chi connectivity index (χ0) is 14.0. The van der Waals surface area contributed by atoms with Crippen LogP contribution in [0.2, 0.25) is 0 Å². The predicted molar refractivity (Wildman–Crippen MR) is 71.6 cm³/mol. The van der Waals surface area contributed by atoms with Gasteiger partial charge in [0.05, 0.1) is 6.54 Å². The monoisotopic (exact) mass is 265 g/mol. The summed E-state index contributed by atoms with van der Waals surface area (Å²) < 4.78 is 13.7. The molecular weight excluding hydrogens is 245 g/mol. The Morgan fingerprint density at radius 2 is 2.32 bits per heavy atom. The SMILES string of the molecule is CCC(C)N(CC(=O)O)C1CCc2c(F)cccc21. The number of hydrogen-bond donors (Lipinski definition) is 1. The maximum atomic E-state index is 13.7. The highest BCUT2D eigenvalue weighted by molar-refractivity contribution is 5.69. The largest absolute Gasteiger partial charge is 0.480 e. The molecule has 0 amide bonds. The molecule has 1 aliphatic rings. The standard InChI is InChI=1S/C15H20FNO2/c1-3-10(2)17(9-15(18)19)14-8-7-11-12(14)5-4-6-13(11)16/h4-6,10,14H,3,7-9H2,1-2H3,(H,18,19). The van der Waals surface area contributed by atoms with Crippen LogP contribution in [0.25, 0.3) is 0 Å². The van der Waals surface area contributed by atoms with Crippen molar-refractivity contribution >= 4 is 5.97 Å². The Morgan fingerprint density at radius 1 is 1.58 bits per heavy atom. The van der Waals surface area contributed by atoms with E-state index < -0.39 is 5.97 Å². The van der Waals surface area contributed by atoms with E-state index in [-0.39, 0.29) is 24.4 Å². The van der Waals surface area contributed by atoms with Crippen molar-refractivity contribution in [2.75, 3.05) is 6.54 Å². The molecule has 2 unspecified atom stereocenters. The highest BCUT2D eigenvalue weighted by Crippen LogP contribution is 2.38. The van der Waals surface area contributed by atoms with E-state index >= 15 is 0 Å². The molecule has 2 rings (SSSR count). The molecule has 0 bridgehead atoms. The normalized spacial score (nSPS) is 19.5. The fourth-order valence-corrected chi connectivity index (χ4v) is 2.90. The number of nitrogens with zero attached hydrogens (tertiary/aromatic N) is 1. The van der Waals surface area contributed by atoms with Gasteiger partial charge in [0.2, 0.25) is 0 Å². The van der Waals surface area contributed by atoms with Gasteiger partial charge in [0.1, 0.15) is 5.82 Å². The molecule has 0 saturated carbocycles. The van der Waals surface area contributed by atoms with Gasteiger partial charge in [-0.05, 0) is 43.4 Å². The summed E-state index contributed by atoms with van der Waals surface area (Å²) in [4.78, 5) is 13.0.